The molecule has 1 saturated heterocycles. The SMILES string of the molecule is Cc1c(NCC(=O)N[C@H]2CCS(=O)(=O)C2)cccc1[N+](=O)[O-]. The second-order valence-electron chi connectivity index (χ2n) is 5.23. The number of hydrogen-bond donors (Lipinski definition) is 2. The van der Waals surface area contributed by atoms with Gasteiger partial charge in [-0.2, -0.15) is 0 Å². The zero-order chi connectivity index (χ0) is 16.3. The zero-order valence-corrected chi connectivity index (χ0v) is 12.9. The largest absolute Gasteiger partial charge is 0.376 e. The van der Waals surface area contributed by atoms with Crippen LogP contribution < -0.4 is 10.6 Å². The molecule has 8 nitrogen and oxygen atoms in total. The number of carbonyl (C=O) groups is 1. The van der Waals surface area contributed by atoms with Gasteiger partial charge in [0.25, 0.3) is 5.69 Å². The highest BCUT2D eigenvalue weighted by atomic mass is 32.2. The minimum Gasteiger partial charge on any atom is -0.376 e. The van der Waals surface area contributed by atoms with E-state index in [0.717, 1.165) is 0 Å². The molecule has 1 heterocycles. The fraction of sp³-hybridized carbons (Fsp3) is 0.462. The number of amides is 1. The molecule has 2 N–H and O–H groups in total. The number of sulfone groups is 1. The molecule has 1 aromatic carbocycles. The number of nitrogens with one attached hydrogen (secondary N) is 2. The number of nitro groups is 1. The number of carbonyl (C=O) groups excluding carboxylic acids is 1. The summed E-state index contributed by atoms with van der Waals surface area (Å²) < 4.78 is 22.6. The lowest BCUT2D eigenvalue weighted by Gasteiger charge is -2.13. The molecular formula is C13H17N3O5S. The number of hydrogen-bond acceptors (Lipinski definition) is 6. The predicted octanol–water partition coefficient (Wildman–Crippen LogP) is 0.618. The molecule has 1 amide bonds. The normalized spacial score (nSPS) is 19.6. The minimum atomic E-state index is -3.04. The highest BCUT2D eigenvalue weighted by Crippen LogP contribution is 2.24. The van der Waals surface area contributed by atoms with Crippen LogP contribution >= 0.6 is 0 Å². The lowest BCUT2D eigenvalue weighted by molar-refractivity contribution is -0.385. The smallest absolute Gasteiger partial charge is 0.274 e. The molecule has 2 rings (SSSR count). The minimum absolute atomic E-state index is 0.0210. The highest BCUT2D eigenvalue weighted by molar-refractivity contribution is 7.91. The van der Waals surface area contributed by atoms with Crippen molar-refractivity contribution in [2.24, 2.45) is 0 Å². The summed E-state index contributed by atoms with van der Waals surface area (Å²) in [5.41, 5.74) is 0.930. The molecular weight excluding hydrogens is 310 g/mol. The van der Waals surface area contributed by atoms with Gasteiger partial charge >= 0.3 is 0 Å². The Morgan fingerprint density at radius 3 is 2.77 bits per heavy atom. The van der Waals surface area contributed by atoms with Gasteiger partial charge in [0.15, 0.2) is 9.84 Å². The number of benzene rings is 1. The fourth-order valence-electron chi connectivity index (χ4n) is 2.38. The highest BCUT2D eigenvalue weighted by Gasteiger charge is 2.28. The Kier molecular flexibility index (Phi) is 4.65. The monoisotopic (exact) mass is 327 g/mol. The van der Waals surface area contributed by atoms with Gasteiger partial charge in [-0.25, -0.2) is 8.42 Å². The molecule has 1 atom stereocenters. The maximum atomic E-state index is 11.8. The van der Waals surface area contributed by atoms with E-state index in [-0.39, 0.29) is 35.7 Å². The van der Waals surface area contributed by atoms with Crippen molar-refractivity contribution in [1.82, 2.24) is 5.32 Å². The molecule has 22 heavy (non-hydrogen) atoms. The lowest BCUT2D eigenvalue weighted by atomic mass is 10.1. The van der Waals surface area contributed by atoms with Crippen LogP contribution in [0.25, 0.3) is 0 Å². The van der Waals surface area contributed by atoms with Crippen LogP contribution in [0.2, 0.25) is 0 Å². The van der Waals surface area contributed by atoms with E-state index in [1.54, 1.807) is 13.0 Å². The van der Waals surface area contributed by atoms with E-state index in [9.17, 15) is 23.3 Å². The summed E-state index contributed by atoms with van der Waals surface area (Å²) in [6, 6.07) is 4.22. The summed E-state index contributed by atoms with van der Waals surface area (Å²) >= 11 is 0. The molecule has 0 unspecified atom stereocenters. The maximum absolute atomic E-state index is 11.8. The van der Waals surface area contributed by atoms with Crippen molar-refractivity contribution in [3.63, 3.8) is 0 Å². The number of nitro benzene ring substituents is 1. The summed E-state index contributed by atoms with van der Waals surface area (Å²) in [7, 11) is -3.04. The first-order chi connectivity index (χ1) is 10.3. The van der Waals surface area contributed by atoms with E-state index in [1.807, 2.05) is 0 Å². The molecule has 1 fully saturated rings. The van der Waals surface area contributed by atoms with Gasteiger partial charge < -0.3 is 10.6 Å². The van der Waals surface area contributed by atoms with Crippen LogP contribution in [-0.2, 0) is 14.6 Å². The van der Waals surface area contributed by atoms with Crippen molar-refractivity contribution in [3.05, 3.63) is 33.9 Å². The van der Waals surface area contributed by atoms with Gasteiger partial charge in [-0.3, -0.25) is 14.9 Å². The van der Waals surface area contributed by atoms with Gasteiger partial charge in [-0.05, 0) is 19.4 Å². The number of rotatable bonds is 5. The zero-order valence-electron chi connectivity index (χ0n) is 12.0. The van der Waals surface area contributed by atoms with Gasteiger partial charge in [0.05, 0.1) is 23.0 Å². The van der Waals surface area contributed by atoms with Crippen molar-refractivity contribution in [2.45, 2.75) is 19.4 Å². The first-order valence-corrected chi connectivity index (χ1v) is 8.58. The van der Waals surface area contributed by atoms with Gasteiger partial charge in [0.1, 0.15) is 0 Å². The van der Waals surface area contributed by atoms with Crippen molar-refractivity contribution < 1.29 is 18.1 Å². The van der Waals surface area contributed by atoms with Crippen LogP contribution in [0.3, 0.4) is 0 Å². The first-order valence-electron chi connectivity index (χ1n) is 6.76. The Bertz CT molecular complexity index is 702. The van der Waals surface area contributed by atoms with Crippen molar-refractivity contribution >= 4 is 27.1 Å². The van der Waals surface area contributed by atoms with Crippen molar-refractivity contribution in [1.29, 1.82) is 0 Å². The van der Waals surface area contributed by atoms with E-state index in [4.69, 9.17) is 0 Å². The van der Waals surface area contributed by atoms with Crippen LogP contribution in [0.4, 0.5) is 11.4 Å². The summed E-state index contributed by atoms with van der Waals surface area (Å²) in [5.74, 6) is -0.280. The van der Waals surface area contributed by atoms with Gasteiger partial charge in [0.2, 0.25) is 5.91 Å². The van der Waals surface area contributed by atoms with E-state index >= 15 is 0 Å². The molecule has 0 radical (unpaired) electrons. The standard InChI is InChI=1S/C13H17N3O5S/c1-9-11(3-2-4-12(9)16(18)19)14-7-13(17)15-10-5-6-22(20,21)8-10/h2-4,10,14H,5-8H2,1H3,(H,15,17)/t10-/m0/s1. The van der Waals surface area contributed by atoms with Crippen LogP contribution in [-0.4, -0.2) is 43.3 Å². The molecule has 1 aliphatic rings. The number of nitrogens with zero attached hydrogens (tertiary/aromatic N) is 1. The Labute approximate surface area is 128 Å². The second kappa shape index (κ2) is 6.30. The van der Waals surface area contributed by atoms with Crippen LogP contribution in [0.15, 0.2) is 18.2 Å². The topological polar surface area (TPSA) is 118 Å². The lowest BCUT2D eigenvalue weighted by Crippen LogP contribution is -2.39. The summed E-state index contributed by atoms with van der Waals surface area (Å²) in [6.45, 7) is 1.53. The first kappa shape index (κ1) is 16.2. The van der Waals surface area contributed by atoms with Crippen LogP contribution in [0, 0.1) is 17.0 Å². The molecule has 0 saturated carbocycles. The quantitative estimate of drug-likeness (QED) is 0.604. The van der Waals surface area contributed by atoms with Crippen LogP contribution in [0.5, 0.6) is 0 Å². The van der Waals surface area contributed by atoms with E-state index < -0.39 is 14.8 Å². The molecule has 9 heteroatoms. The Hall–Kier alpha value is -2.16. The van der Waals surface area contributed by atoms with E-state index in [1.165, 1.54) is 12.1 Å². The molecule has 1 aliphatic heterocycles. The third-order valence-corrected chi connectivity index (χ3v) is 5.31. The summed E-state index contributed by atoms with van der Waals surface area (Å²) in [6.07, 6.45) is 0.421. The molecule has 0 spiro atoms. The van der Waals surface area contributed by atoms with Gasteiger partial charge in [0, 0.05) is 23.4 Å². The molecule has 0 aliphatic carbocycles. The Morgan fingerprint density at radius 2 is 2.18 bits per heavy atom. The van der Waals surface area contributed by atoms with Gasteiger partial charge in [-0.1, -0.05) is 6.07 Å². The summed E-state index contributed by atoms with van der Waals surface area (Å²) in [4.78, 5) is 22.2. The average Bonchev–Trinajstić information content (AvgIpc) is 2.76. The van der Waals surface area contributed by atoms with Crippen molar-refractivity contribution in [2.75, 3.05) is 23.4 Å². The fourth-order valence-corrected chi connectivity index (χ4v) is 4.05. The molecule has 0 aromatic heterocycles. The van der Waals surface area contributed by atoms with Gasteiger partial charge in [-0.15, -0.1) is 0 Å². The Morgan fingerprint density at radius 1 is 1.45 bits per heavy atom. The number of anilines is 1. The summed E-state index contributed by atoms with van der Waals surface area (Å²) in [5, 5.41) is 16.3. The van der Waals surface area contributed by atoms with E-state index in [2.05, 4.69) is 10.6 Å². The molecule has 0 bridgehead atoms. The third-order valence-electron chi connectivity index (χ3n) is 3.54. The van der Waals surface area contributed by atoms with Crippen molar-refractivity contribution in [3.8, 4) is 0 Å². The Balaban J connectivity index is 1.92. The second-order valence-corrected chi connectivity index (χ2v) is 7.46. The average molecular weight is 327 g/mol. The maximum Gasteiger partial charge on any atom is 0.274 e. The third kappa shape index (κ3) is 3.94. The molecule has 120 valence electrons. The predicted molar refractivity (Wildman–Crippen MR) is 81.5 cm³/mol. The van der Waals surface area contributed by atoms with Crippen LogP contribution in [0.1, 0.15) is 12.0 Å². The molecule has 1 aromatic rings. The van der Waals surface area contributed by atoms with E-state index in [0.29, 0.717) is 17.7 Å².